The Morgan fingerprint density at radius 2 is 1.73 bits per heavy atom. The number of methoxy groups -OCH3 is 2. The van der Waals surface area contributed by atoms with Gasteiger partial charge >= 0.3 is 11.9 Å². The molecule has 144 valence electrons. The molecule has 1 saturated heterocycles. The molecule has 1 aliphatic rings. The number of ether oxygens (including phenoxy) is 3. The summed E-state index contributed by atoms with van der Waals surface area (Å²) in [6.45, 7) is 0.342. The van der Waals surface area contributed by atoms with Gasteiger partial charge in [-0.25, -0.2) is 18.0 Å². The molecule has 0 spiro atoms. The molecule has 0 radical (unpaired) electrons. The summed E-state index contributed by atoms with van der Waals surface area (Å²) < 4.78 is 41.6. The zero-order valence-corrected chi connectivity index (χ0v) is 15.7. The zero-order valence-electron chi connectivity index (χ0n) is 14.9. The fourth-order valence-corrected chi connectivity index (χ4v) is 4.24. The van der Waals surface area contributed by atoms with E-state index in [0.29, 0.717) is 13.1 Å². The third-order valence-electron chi connectivity index (χ3n) is 4.14. The Bertz CT molecular complexity index is 752. The minimum absolute atomic E-state index is 0.00906. The first-order valence-electron chi connectivity index (χ1n) is 8.32. The lowest BCUT2D eigenvalue weighted by atomic mass is 10.2. The highest BCUT2D eigenvalue weighted by atomic mass is 32.2. The van der Waals surface area contributed by atoms with Gasteiger partial charge < -0.3 is 14.2 Å². The number of carbonyl (C=O) groups excluding carboxylic acids is 2. The van der Waals surface area contributed by atoms with Crippen LogP contribution in [0, 0.1) is 0 Å². The predicted molar refractivity (Wildman–Crippen MR) is 92.5 cm³/mol. The van der Waals surface area contributed by atoms with Crippen molar-refractivity contribution in [3.05, 3.63) is 23.8 Å². The van der Waals surface area contributed by atoms with E-state index in [0.717, 1.165) is 25.7 Å². The summed E-state index contributed by atoms with van der Waals surface area (Å²) in [5.41, 5.74) is -0.0627. The second-order valence-electron chi connectivity index (χ2n) is 5.83. The number of carbonyl (C=O) groups is 2. The van der Waals surface area contributed by atoms with E-state index in [9.17, 15) is 18.0 Å². The van der Waals surface area contributed by atoms with E-state index in [-0.39, 0.29) is 16.2 Å². The van der Waals surface area contributed by atoms with E-state index in [1.807, 2.05) is 0 Å². The first-order valence-corrected chi connectivity index (χ1v) is 9.76. The van der Waals surface area contributed by atoms with E-state index in [2.05, 4.69) is 4.74 Å². The maximum absolute atomic E-state index is 12.9. The Hall–Kier alpha value is -2.13. The van der Waals surface area contributed by atoms with Crippen LogP contribution in [0.15, 0.2) is 23.1 Å². The van der Waals surface area contributed by atoms with E-state index in [1.165, 1.54) is 36.7 Å². The van der Waals surface area contributed by atoms with Gasteiger partial charge in [0.2, 0.25) is 10.0 Å². The van der Waals surface area contributed by atoms with Gasteiger partial charge in [-0.2, -0.15) is 4.31 Å². The molecule has 0 saturated carbocycles. The number of nitrogens with zero attached hydrogens (tertiary/aromatic N) is 1. The van der Waals surface area contributed by atoms with Crippen molar-refractivity contribution in [2.24, 2.45) is 0 Å². The molecule has 8 nitrogen and oxygen atoms in total. The van der Waals surface area contributed by atoms with Crippen molar-refractivity contribution in [1.82, 2.24) is 4.31 Å². The Morgan fingerprint density at radius 1 is 1.08 bits per heavy atom. The molecule has 2 rings (SSSR count). The quantitative estimate of drug-likeness (QED) is 0.686. The van der Waals surface area contributed by atoms with Crippen LogP contribution in [0.2, 0.25) is 0 Å². The van der Waals surface area contributed by atoms with Crippen LogP contribution in [0.5, 0.6) is 5.75 Å². The molecule has 1 aromatic rings. The Kier molecular flexibility index (Phi) is 6.98. The summed E-state index contributed by atoms with van der Waals surface area (Å²) in [5, 5.41) is 0. The van der Waals surface area contributed by atoms with Crippen LogP contribution in [0.25, 0.3) is 0 Å². The van der Waals surface area contributed by atoms with Gasteiger partial charge in [-0.3, -0.25) is 0 Å². The number of rotatable bonds is 6. The molecule has 0 atom stereocenters. The largest absolute Gasteiger partial charge is 0.496 e. The highest BCUT2D eigenvalue weighted by Gasteiger charge is 2.27. The van der Waals surface area contributed by atoms with Crippen LogP contribution in [0.1, 0.15) is 36.0 Å². The van der Waals surface area contributed by atoms with Crippen molar-refractivity contribution >= 4 is 22.0 Å². The Balaban J connectivity index is 2.30. The van der Waals surface area contributed by atoms with Gasteiger partial charge in [-0.15, -0.1) is 0 Å². The lowest BCUT2D eigenvalue weighted by Gasteiger charge is -2.20. The summed E-state index contributed by atoms with van der Waals surface area (Å²) in [4.78, 5) is 23.4. The van der Waals surface area contributed by atoms with E-state index < -0.39 is 28.6 Å². The number of sulfonamides is 1. The topological polar surface area (TPSA) is 99.2 Å². The van der Waals surface area contributed by atoms with Gasteiger partial charge in [0, 0.05) is 13.1 Å². The molecule has 0 bridgehead atoms. The molecule has 0 N–H and O–H groups in total. The van der Waals surface area contributed by atoms with Gasteiger partial charge in [-0.05, 0) is 31.0 Å². The van der Waals surface area contributed by atoms with Crippen molar-refractivity contribution < 1.29 is 32.2 Å². The molecule has 0 unspecified atom stereocenters. The molecular weight excluding hydrogens is 362 g/mol. The first kappa shape index (κ1) is 20.2. The number of esters is 2. The first-order chi connectivity index (χ1) is 12.4. The number of benzene rings is 1. The molecule has 1 aliphatic heterocycles. The van der Waals surface area contributed by atoms with Gasteiger partial charge in [0.15, 0.2) is 6.61 Å². The fraction of sp³-hybridized carbons (Fsp3) is 0.529. The molecule has 1 heterocycles. The van der Waals surface area contributed by atoms with Crippen LogP contribution in [-0.2, 0) is 24.3 Å². The van der Waals surface area contributed by atoms with Crippen LogP contribution in [0.3, 0.4) is 0 Å². The maximum Gasteiger partial charge on any atom is 0.344 e. The SMILES string of the molecule is COC(=O)COC(=O)c1cc(S(=O)(=O)N2CCCCCC2)ccc1OC. The summed E-state index contributed by atoms with van der Waals surface area (Å²) in [6.07, 6.45) is 3.62. The monoisotopic (exact) mass is 385 g/mol. The molecule has 0 aromatic heterocycles. The second kappa shape index (κ2) is 9.00. The van der Waals surface area contributed by atoms with E-state index in [1.54, 1.807) is 0 Å². The van der Waals surface area contributed by atoms with Gasteiger partial charge in [0.1, 0.15) is 11.3 Å². The van der Waals surface area contributed by atoms with Crippen LogP contribution < -0.4 is 4.74 Å². The minimum atomic E-state index is -3.72. The summed E-state index contributed by atoms with van der Waals surface area (Å²) in [6, 6.07) is 4.02. The maximum atomic E-state index is 12.9. The highest BCUT2D eigenvalue weighted by Crippen LogP contribution is 2.26. The van der Waals surface area contributed by atoms with Gasteiger partial charge in [0.05, 0.1) is 19.1 Å². The van der Waals surface area contributed by atoms with E-state index in [4.69, 9.17) is 9.47 Å². The number of hydrogen-bond acceptors (Lipinski definition) is 7. The van der Waals surface area contributed by atoms with Gasteiger partial charge in [-0.1, -0.05) is 12.8 Å². The lowest BCUT2D eigenvalue weighted by Crippen LogP contribution is -2.32. The Labute approximate surface area is 153 Å². The molecule has 0 amide bonds. The molecule has 26 heavy (non-hydrogen) atoms. The number of hydrogen-bond donors (Lipinski definition) is 0. The molecule has 9 heteroatoms. The summed E-state index contributed by atoms with van der Waals surface area (Å²) >= 11 is 0. The normalized spacial score (nSPS) is 15.8. The average Bonchev–Trinajstić information content (AvgIpc) is 2.95. The van der Waals surface area contributed by atoms with Crippen molar-refractivity contribution in [1.29, 1.82) is 0 Å². The molecule has 1 fully saturated rings. The second-order valence-corrected chi connectivity index (χ2v) is 7.77. The average molecular weight is 385 g/mol. The Morgan fingerprint density at radius 3 is 2.31 bits per heavy atom. The van der Waals surface area contributed by atoms with Crippen LogP contribution in [0.4, 0.5) is 0 Å². The van der Waals surface area contributed by atoms with Crippen LogP contribution >= 0.6 is 0 Å². The smallest absolute Gasteiger partial charge is 0.344 e. The zero-order chi connectivity index (χ0) is 19.2. The standard InChI is InChI=1S/C17H23NO7S/c1-23-15-8-7-13(11-14(15)17(20)25-12-16(19)24-2)26(21,22)18-9-5-3-4-6-10-18/h7-8,11H,3-6,9-10,12H2,1-2H3. The predicted octanol–water partition coefficient (Wildman–Crippen LogP) is 1.59. The molecule has 0 aliphatic carbocycles. The molecule has 1 aromatic carbocycles. The summed E-state index contributed by atoms with van der Waals surface area (Å²) in [5.74, 6) is -1.42. The van der Waals surface area contributed by atoms with E-state index >= 15 is 0 Å². The van der Waals surface area contributed by atoms with Crippen molar-refractivity contribution in [2.75, 3.05) is 33.9 Å². The summed E-state index contributed by atoms with van der Waals surface area (Å²) in [7, 11) is -1.20. The minimum Gasteiger partial charge on any atom is -0.496 e. The van der Waals surface area contributed by atoms with Crippen molar-refractivity contribution in [2.45, 2.75) is 30.6 Å². The molecular formula is C17H23NO7S. The third-order valence-corrected chi connectivity index (χ3v) is 6.04. The highest BCUT2D eigenvalue weighted by molar-refractivity contribution is 7.89. The third kappa shape index (κ3) is 4.73. The van der Waals surface area contributed by atoms with Crippen LogP contribution in [-0.4, -0.2) is 58.6 Å². The van der Waals surface area contributed by atoms with Crippen molar-refractivity contribution in [3.63, 3.8) is 0 Å². The van der Waals surface area contributed by atoms with Crippen molar-refractivity contribution in [3.8, 4) is 5.75 Å². The lowest BCUT2D eigenvalue weighted by molar-refractivity contribution is -0.144. The van der Waals surface area contributed by atoms with Gasteiger partial charge in [0.25, 0.3) is 0 Å². The fourth-order valence-electron chi connectivity index (χ4n) is 2.70.